The fourth-order valence-corrected chi connectivity index (χ4v) is 5.60. The Morgan fingerprint density at radius 2 is 1.89 bits per heavy atom. The maximum absolute atomic E-state index is 13.9. The van der Waals surface area contributed by atoms with Gasteiger partial charge in [-0.15, -0.1) is 0 Å². The monoisotopic (exact) mass is 416 g/mol. The first kappa shape index (κ1) is 21.1. The van der Waals surface area contributed by atoms with Crippen molar-refractivity contribution in [1.29, 1.82) is 0 Å². The Bertz CT molecular complexity index is 811. The first-order valence-corrected chi connectivity index (χ1v) is 11.3. The van der Waals surface area contributed by atoms with Crippen LogP contribution in [0.4, 0.5) is 8.78 Å². The van der Waals surface area contributed by atoms with E-state index < -0.39 is 26.6 Å². The van der Waals surface area contributed by atoms with Gasteiger partial charge in [0.15, 0.2) is 6.54 Å². The van der Waals surface area contributed by atoms with Gasteiger partial charge >= 0.3 is 0 Å². The number of likely N-dealkylation sites (tertiary alicyclic amines) is 1. The van der Waals surface area contributed by atoms with Crippen molar-refractivity contribution in [2.24, 2.45) is 0 Å². The molecule has 2 saturated heterocycles. The second-order valence-corrected chi connectivity index (χ2v) is 9.46. The molecular formula is C19H28F2N3O3S+. The number of piperidine rings is 1. The fraction of sp³-hybridized carbons (Fsp3) is 0.632. The van der Waals surface area contributed by atoms with Crippen LogP contribution in [0.3, 0.4) is 0 Å². The molecule has 0 aliphatic carbocycles. The molecule has 6 nitrogen and oxygen atoms in total. The van der Waals surface area contributed by atoms with Crippen molar-refractivity contribution in [2.75, 3.05) is 39.3 Å². The van der Waals surface area contributed by atoms with Crippen molar-refractivity contribution in [1.82, 2.24) is 9.21 Å². The molecule has 1 aromatic rings. The molecule has 2 heterocycles. The van der Waals surface area contributed by atoms with Gasteiger partial charge in [0.25, 0.3) is 5.91 Å². The van der Waals surface area contributed by atoms with Gasteiger partial charge in [-0.2, -0.15) is 4.31 Å². The van der Waals surface area contributed by atoms with Crippen molar-refractivity contribution >= 4 is 15.9 Å². The summed E-state index contributed by atoms with van der Waals surface area (Å²) < 4.78 is 53.5. The van der Waals surface area contributed by atoms with Crippen LogP contribution in [0.1, 0.15) is 32.6 Å². The molecular weight excluding hydrogens is 388 g/mol. The maximum Gasteiger partial charge on any atom is 0.278 e. The van der Waals surface area contributed by atoms with Crippen molar-refractivity contribution in [3.63, 3.8) is 0 Å². The fourth-order valence-electron chi connectivity index (χ4n) is 4.11. The van der Waals surface area contributed by atoms with E-state index in [0.29, 0.717) is 31.7 Å². The number of nitrogens with zero attached hydrogens (tertiary/aromatic N) is 2. The predicted molar refractivity (Wildman–Crippen MR) is 100 cm³/mol. The van der Waals surface area contributed by atoms with Crippen LogP contribution in [0.25, 0.3) is 0 Å². The van der Waals surface area contributed by atoms with Crippen LogP contribution < -0.4 is 4.90 Å². The molecule has 1 atom stereocenters. The van der Waals surface area contributed by atoms with Gasteiger partial charge in [-0.3, -0.25) is 4.79 Å². The average Bonchev–Trinajstić information content (AvgIpc) is 2.68. The second kappa shape index (κ2) is 8.84. The number of quaternary nitrogens is 1. The van der Waals surface area contributed by atoms with Gasteiger partial charge in [0.2, 0.25) is 10.0 Å². The molecule has 1 N–H and O–H groups in total. The van der Waals surface area contributed by atoms with Gasteiger partial charge in [-0.25, -0.2) is 17.2 Å². The normalized spacial score (nSPS) is 22.4. The Hall–Kier alpha value is -1.58. The zero-order chi connectivity index (χ0) is 20.3. The summed E-state index contributed by atoms with van der Waals surface area (Å²) in [4.78, 5) is 15.2. The van der Waals surface area contributed by atoms with E-state index in [-0.39, 0.29) is 19.0 Å². The molecule has 0 unspecified atom stereocenters. The van der Waals surface area contributed by atoms with Gasteiger partial charge in [0.1, 0.15) is 16.5 Å². The summed E-state index contributed by atoms with van der Waals surface area (Å²) >= 11 is 0. The zero-order valence-corrected chi connectivity index (χ0v) is 17.0. The highest BCUT2D eigenvalue weighted by atomic mass is 32.2. The van der Waals surface area contributed by atoms with Crippen molar-refractivity contribution in [3.8, 4) is 0 Å². The molecule has 0 spiro atoms. The highest BCUT2D eigenvalue weighted by molar-refractivity contribution is 7.89. The minimum Gasteiger partial charge on any atom is -0.335 e. The van der Waals surface area contributed by atoms with Gasteiger partial charge in [0.05, 0.1) is 26.2 Å². The van der Waals surface area contributed by atoms with E-state index >= 15 is 0 Å². The SMILES string of the molecule is CC[C@@H]1CCCCN1C(=O)C[NH+]1CCN(S(=O)(=O)c2ccc(F)cc2F)CC1. The molecule has 0 aromatic heterocycles. The lowest BCUT2D eigenvalue weighted by Crippen LogP contribution is -3.15. The maximum atomic E-state index is 13.9. The summed E-state index contributed by atoms with van der Waals surface area (Å²) in [5, 5.41) is 0. The Kier molecular flexibility index (Phi) is 6.67. The Morgan fingerprint density at radius 3 is 2.54 bits per heavy atom. The van der Waals surface area contributed by atoms with Gasteiger partial charge in [-0.1, -0.05) is 6.92 Å². The van der Waals surface area contributed by atoms with Crippen LogP contribution in [0.2, 0.25) is 0 Å². The van der Waals surface area contributed by atoms with Crippen molar-refractivity contribution in [2.45, 2.75) is 43.5 Å². The average molecular weight is 417 g/mol. The van der Waals surface area contributed by atoms with Crippen molar-refractivity contribution in [3.05, 3.63) is 29.8 Å². The number of nitrogens with one attached hydrogen (secondary N) is 1. The molecule has 9 heteroatoms. The predicted octanol–water partition coefficient (Wildman–Crippen LogP) is 0.645. The third-order valence-electron chi connectivity index (χ3n) is 5.76. The van der Waals surface area contributed by atoms with Crippen LogP contribution >= 0.6 is 0 Å². The van der Waals surface area contributed by atoms with E-state index in [1.165, 1.54) is 4.31 Å². The molecule has 3 rings (SSSR count). The number of amides is 1. The molecule has 2 fully saturated rings. The van der Waals surface area contributed by atoms with E-state index in [9.17, 15) is 22.0 Å². The van der Waals surface area contributed by atoms with E-state index in [2.05, 4.69) is 6.92 Å². The number of benzene rings is 1. The van der Waals surface area contributed by atoms with E-state index in [4.69, 9.17) is 0 Å². The van der Waals surface area contributed by atoms with E-state index in [0.717, 1.165) is 49.3 Å². The Labute approximate surface area is 165 Å². The molecule has 28 heavy (non-hydrogen) atoms. The number of rotatable bonds is 5. The summed E-state index contributed by atoms with van der Waals surface area (Å²) in [6, 6.07) is 2.79. The minimum atomic E-state index is -4.01. The third kappa shape index (κ3) is 4.52. The second-order valence-electron chi connectivity index (χ2n) is 7.55. The Balaban J connectivity index is 1.59. The molecule has 0 radical (unpaired) electrons. The van der Waals surface area contributed by atoms with Crippen LogP contribution in [-0.4, -0.2) is 68.8 Å². The molecule has 2 aliphatic rings. The topological polar surface area (TPSA) is 62.1 Å². The Morgan fingerprint density at radius 1 is 1.18 bits per heavy atom. The van der Waals surface area contributed by atoms with Crippen LogP contribution in [0.15, 0.2) is 23.1 Å². The summed E-state index contributed by atoms with van der Waals surface area (Å²) in [5.41, 5.74) is 0. The standard InChI is InChI=1S/C19H27F2N3O3S/c1-2-16-5-3-4-8-24(16)19(25)14-22-9-11-23(12-10-22)28(26,27)18-7-6-15(20)13-17(18)21/h6-7,13,16H,2-5,8-12,14H2,1H3/p+1/t16-/m1/s1. The molecule has 0 saturated carbocycles. The van der Waals surface area contributed by atoms with Crippen LogP contribution in [0, 0.1) is 11.6 Å². The minimum absolute atomic E-state index is 0.127. The molecule has 0 bridgehead atoms. The quantitative estimate of drug-likeness (QED) is 0.767. The van der Waals surface area contributed by atoms with Crippen LogP contribution in [0.5, 0.6) is 0 Å². The van der Waals surface area contributed by atoms with Gasteiger partial charge in [-0.05, 0) is 37.8 Å². The summed E-state index contributed by atoms with van der Waals surface area (Å²) in [7, 11) is -4.01. The lowest BCUT2D eigenvalue weighted by Gasteiger charge is -2.37. The number of carbonyl (C=O) groups excluding carboxylic acids is 1. The highest BCUT2D eigenvalue weighted by Gasteiger charge is 2.34. The largest absolute Gasteiger partial charge is 0.335 e. The van der Waals surface area contributed by atoms with Crippen molar-refractivity contribution < 1.29 is 26.9 Å². The lowest BCUT2D eigenvalue weighted by atomic mass is 10.00. The smallest absolute Gasteiger partial charge is 0.278 e. The van der Waals surface area contributed by atoms with Crippen LogP contribution in [-0.2, 0) is 14.8 Å². The number of carbonyl (C=O) groups is 1. The molecule has 1 aromatic carbocycles. The highest BCUT2D eigenvalue weighted by Crippen LogP contribution is 2.21. The summed E-state index contributed by atoms with van der Waals surface area (Å²) in [6.45, 7) is 4.64. The first-order chi connectivity index (χ1) is 13.3. The number of halogens is 2. The zero-order valence-electron chi connectivity index (χ0n) is 16.2. The van der Waals surface area contributed by atoms with E-state index in [1.807, 2.05) is 4.90 Å². The van der Waals surface area contributed by atoms with Gasteiger partial charge < -0.3 is 9.80 Å². The third-order valence-corrected chi connectivity index (χ3v) is 7.69. The molecule has 1 amide bonds. The molecule has 2 aliphatic heterocycles. The first-order valence-electron chi connectivity index (χ1n) is 9.91. The van der Waals surface area contributed by atoms with E-state index in [1.54, 1.807) is 0 Å². The number of piperazine rings is 1. The molecule has 156 valence electrons. The summed E-state index contributed by atoms with van der Waals surface area (Å²) in [6.07, 6.45) is 4.20. The number of hydrogen-bond donors (Lipinski definition) is 1. The lowest BCUT2D eigenvalue weighted by molar-refractivity contribution is -0.896. The summed E-state index contributed by atoms with van der Waals surface area (Å²) in [5.74, 6) is -1.77. The number of sulfonamides is 1. The number of hydrogen-bond acceptors (Lipinski definition) is 3. The van der Waals surface area contributed by atoms with Gasteiger partial charge in [0, 0.05) is 18.7 Å².